The number of hydrogen-bond acceptors (Lipinski definition) is 4. The molecule has 1 aliphatic heterocycles. The fraction of sp³-hybridized carbons (Fsp3) is 0.263. The van der Waals surface area contributed by atoms with Gasteiger partial charge in [-0.3, -0.25) is 9.69 Å². The van der Waals surface area contributed by atoms with Crippen molar-refractivity contribution in [2.45, 2.75) is 18.8 Å². The molecule has 1 heterocycles. The molecule has 1 amide bonds. The molecule has 0 N–H and O–H groups in total. The summed E-state index contributed by atoms with van der Waals surface area (Å²) in [5.41, 5.74) is 1.05. The van der Waals surface area contributed by atoms with E-state index in [0.717, 1.165) is 7.11 Å². The Morgan fingerprint density at radius 1 is 1.14 bits per heavy atom. The molecular weight excluding hydrogens is 397 g/mol. The van der Waals surface area contributed by atoms with Gasteiger partial charge >= 0.3 is 18.1 Å². The quantitative estimate of drug-likeness (QED) is 0.704. The lowest BCUT2D eigenvalue weighted by molar-refractivity contribution is -0.171. The predicted molar refractivity (Wildman–Crippen MR) is 98.3 cm³/mol. The molecule has 148 valence electrons. The molecule has 5 nitrogen and oxygen atoms in total. The number of nitrogens with zero attached hydrogens (tertiary/aromatic N) is 2. The van der Waals surface area contributed by atoms with Crippen LogP contribution >= 0.6 is 11.6 Å². The molecule has 9 heteroatoms. The standard InChI is InChI=1S/C19H16ClF3N2O3/c1-28-17(26)16-11-24(14-5-3-2-4-6-14)10-12-9-13(20)7-8-15(12)25(16)18(27)19(21,22)23/h2-9,16H,10-11H2,1H3. The van der Waals surface area contributed by atoms with Crippen molar-refractivity contribution in [3.63, 3.8) is 0 Å². The highest BCUT2D eigenvalue weighted by Crippen LogP contribution is 2.35. The minimum Gasteiger partial charge on any atom is -0.467 e. The lowest BCUT2D eigenvalue weighted by Crippen LogP contribution is -2.54. The number of hydrogen-bond donors (Lipinski definition) is 0. The highest BCUT2D eigenvalue weighted by atomic mass is 35.5. The number of rotatable bonds is 2. The van der Waals surface area contributed by atoms with Gasteiger partial charge in [0.05, 0.1) is 12.8 Å². The van der Waals surface area contributed by atoms with E-state index >= 15 is 0 Å². The van der Waals surface area contributed by atoms with Gasteiger partial charge in [0, 0.05) is 23.8 Å². The Morgan fingerprint density at radius 2 is 1.82 bits per heavy atom. The van der Waals surface area contributed by atoms with Gasteiger partial charge in [0.2, 0.25) is 0 Å². The van der Waals surface area contributed by atoms with E-state index in [1.54, 1.807) is 35.2 Å². The number of carbonyl (C=O) groups is 2. The molecule has 2 aromatic carbocycles. The van der Waals surface area contributed by atoms with Gasteiger partial charge in [-0.2, -0.15) is 13.2 Å². The summed E-state index contributed by atoms with van der Waals surface area (Å²) in [6.45, 7) is -0.0140. The number of benzene rings is 2. The summed E-state index contributed by atoms with van der Waals surface area (Å²) in [4.78, 5) is 26.8. The van der Waals surface area contributed by atoms with Gasteiger partial charge in [-0.25, -0.2) is 4.79 Å². The zero-order valence-corrected chi connectivity index (χ0v) is 15.5. The molecule has 28 heavy (non-hydrogen) atoms. The van der Waals surface area contributed by atoms with E-state index in [0.29, 0.717) is 21.2 Å². The second-order valence-electron chi connectivity index (χ2n) is 6.20. The first kappa shape index (κ1) is 20.0. The number of halogens is 4. The van der Waals surface area contributed by atoms with E-state index < -0.39 is 24.1 Å². The molecule has 2 aromatic rings. The van der Waals surface area contributed by atoms with Crippen LogP contribution in [0.2, 0.25) is 5.02 Å². The highest BCUT2D eigenvalue weighted by molar-refractivity contribution is 6.30. The van der Waals surface area contributed by atoms with Crippen molar-refractivity contribution in [1.82, 2.24) is 0 Å². The molecular formula is C19H16ClF3N2O3. The average Bonchev–Trinajstić information content (AvgIpc) is 2.83. The van der Waals surface area contributed by atoms with Gasteiger partial charge in [-0.05, 0) is 35.9 Å². The molecule has 1 unspecified atom stereocenters. The number of para-hydroxylation sites is 1. The summed E-state index contributed by atoms with van der Waals surface area (Å²) in [5, 5.41) is 0.308. The SMILES string of the molecule is COC(=O)C1CN(c2ccccc2)Cc2cc(Cl)ccc2N1C(=O)C(F)(F)F. The van der Waals surface area contributed by atoms with E-state index in [1.165, 1.54) is 18.2 Å². The summed E-state index contributed by atoms with van der Waals surface area (Å²) in [5.74, 6) is -3.08. The van der Waals surface area contributed by atoms with Gasteiger partial charge in [-0.15, -0.1) is 0 Å². The molecule has 0 aliphatic carbocycles. The monoisotopic (exact) mass is 412 g/mol. The predicted octanol–water partition coefficient (Wildman–Crippen LogP) is 3.80. The van der Waals surface area contributed by atoms with Gasteiger partial charge in [0.25, 0.3) is 0 Å². The van der Waals surface area contributed by atoms with Crippen LogP contribution in [0.4, 0.5) is 24.5 Å². The number of fused-ring (bicyclic) bond motifs is 1. The maximum atomic E-state index is 13.3. The van der Waals surface area contributed by atoms with Crippen LogP contribution in [0.15, 0.2) is 48.5 Å². The Balaban J connectivity index is 2.18. The summed E-state index contributed by atoms with van der Waals surface area (Å²) < 4.78 is 44.7. The van der Waals surface area contributed by atoms with Crippen molar-refractivity contribution in [2.75, 3.05) is 23.5 Å². The largest absolute Gasteiger partial charge is 0.471 e. The van der Waals surface area contributed by atoms with Crippen LogP contribution in [-0.2, 0) is 20.9 Å². The number of amides is 1. The van der Waals surface area contributed by atoms with Crippen molar-refractivity contribution in [3.05, 3.63) is 59.1 Å². The fourth-order valence-electron chi connectivity index (χ4n) is 3.18. The number of esters is 1. The number of anilines is 2. The van der Waals surface area contributed by atoms with Crippen LogP contribution in [0.3, 0.4) is 0 Å². The molecule has 0 fully saturated rings. The fourth-order valence-corrected chi connectivity index (χ4v) is 3.38. The average molecular weight is 413 g/mol. The maximum absolute atomic E-state index is 13.3. The Kier molecular flexibility index (Phi) is 5.51. The minimum absolute atomic E-state index is 0.0273. The van der Waals surface area contributed by atoms with Crippen LogP contribution < -0.4 is 9.80 Å². The Bertz CT molecular complexity index is 890. The third kappa shape index (κ3) is 3.91. The number of methoxy groups -OCH3 is 1. The molecule has 0 saturated heterocycles. The molecule has 0 spiro atoms. The van der Waals surface area contributed by atoms with E-state index in [4.69, 9.17) is 16.3 Å². The van der Waals surface area contributed by atoms with Crippen LogP contribution in [0.5, 0.6) is 0 Å². The third-order valence-electron chi connectivity index (χ3n) is 4.42. The first-order valence-electron chi connectivity index (χ1n) is 8.29. The minimum atomic E-state index is -5.16. The van der Waals surface area contributed by atoms with Gasteiger partial charge < -0.3 is 9.64 Å². The second-order valence-corrected chi connectivity index (χ2v) is 6.64. The van der Waals surface area contributed by atoms with Crippen LogP contribution in [0, 0.1) is 0 Å². The third-order valence-corrected chi connectivity index (χ3v) is 4.66. The molecule has 0 saturated carbocycles. The summed E-state index contributed by atoms with van der Waals surface area (Å²) in [6, 6.07) is 11.6. The van der Waals surface area contributed by atoms with E-state index in [9.17, 15) is 22.8 Å². The zero-order chi connectivity index (χ0) is 20.5. The molecule has 0 bridgehead atoms. The van der Waals surface area contributed by atoms with Crippen molar-refractivity contribution >= 4 is 34.9 Å². The number of carbonyl (C=O) groups excluding carboxylic acids is 2. The van der Waals surface area contributed by atoms with Crippen molar-refractivity contribution in [1.29, 1.82) is 0 Å². The summed E-state index contributed by atoms with van der Waals surface area (Å²) in [7, 11) is 1.07. The second kappa shape index (κ2) is 7.71. The van der Waals surface area contributed by atoms with Crippen molar-refractivity contribution < 1.29 is 27.5 Å². The first-order chi connectivity index (χ1) is 13.2. The van der Waals surface area contributed by atoms with Crippen molar-refractivity contribution in [3.8, 4) is 0 Å². The lowest BCUT2D eigenvalue weighted by Gasteiger charge is -2.31. The molecule has 1 atom stereocenters. The topological polar surface area (TPSA) is 49.9 Å². The van der Waals surface area contributed by atoms with Gasteiger partial charge in [0.15, 0.2) is 6.04 Å². The Labute approximate surface area is 164 Å². The van der Waals surface area contributed by atoms with Crippen LogP contribution in [0.25, 0.3) is 0 Å². The number of ether oxygens (including phenoxy) is 1. The smallest absolute Gasteiger partial charge is 0.467 e. The highest BCUT2D eigenvalue weighted by Gasteiger charge is 2.49. The van der Waals surface area contributed by atoms with Gasteiger partial charge in [0.1, 0.15) is 0 Å². The van der Waals surface area contributed by atoms with Gasteiger partial charge in [-0.1, -0.05) is 29.8 Å². The summed E-state index contributed by atoms with van der Waals surface area (Å²) >= 11 is 6.03. The van der Waals surface area contributed by atoms with E-state index in [1.807, 2.05) is 0 Å². The Morgan fingerprint density at radius 3 is 2.43 bits per heavy atom. The molecule has 3 rings (SSSR count). The lowest BCUT2D eigenvalue weighted by atomic mass is 10.1. The number of alkyl halides is 3. The maximum Gasteiger partial charge on any atom is 0.471 e. The zero-order valence-electron chi connectivity index (χ0n) is 14.7. The molecule has 0 radical (unpaired) electrons. The molecule has 0 aromatic heterocycles. The van der Waals surface area contributed by atoms with Crippen LogP contribution in [0.1, 0.15) is 5.56 Å². The van der Waals surface area contributed by atoms with E-state index in [-0.39, 0.29) is 18.8 Å². The van der Waals surface area contributed by atoms with Crippen LogP contribution in [-0.4, -0.2) is 37.7 Å². The first-order valence-corrected chi connectivity index (χ1v) is 8.67. The summed E-state index contributed by atoms with van der Waals surface area (Å²) in [6.07, 6.45) is -5.16. The molecule has 1 aliphatic rings. The van der Waals surface area contributed by atoms with Crippen molar-refractivity contribution in [2.24, 2.45) is 0 Å². The van der Waals surface area contributed by atoms with E-state index in [2.05, 4.69) is 0 Å². The Hall–Kier alpha value is -2.74. The normalized spacial score (nSPS) is 17.0.